The number of benzene rings is 1. The van der Waals surface area contributed by atoms with E-state index in [1.807, 2.05) is 19.9 Å². The third-order valence-corrected chi connectivity index (χ3v) is 2.53. The molecule has 1 aromatic carbocycles. The van der Waals surface area contributed by atoms with Gasteiger partial charge >= 0.3 is 5.63 Å². The molecule has 2 rings (SSSR count). The maximum absolute atomic E-state index is 11.3. The minimum absolute atomic E-state index is 0.195. The fourth-order valence-electron chi connectivity index (χ4n) is 1.90. The van der Waals surface area contributed by atoms with Crippen LogP contribution in [0.5, 0.6) is 5.75 Å². The summed E-state index contributed by atoms with van der Waals surface area (Å²) < 4.78 is 10.5. The summed E-state index contributed by atoms with van der Waals surface area (Å²) in [5.74, 6) is 3.00. The molecule has 0 bridgehead atoms. The van der Waals surface area contributed by atoms with Crippen molar-refractivity contribution >= 4 is 11.0 Å². The average molecular weight is 228 g/mol. The van der Waals surface area contributed by atoms with Gasteiger partial charge in [0.2, 0.25) is 0 Å². The van der Waals surface area contributed by atoms with Crippen LogP contribution in [-0.4, -0.2) is 6.61 Å². The molecule has 0 aliphatic rings. The normalized spacial score (nSPS) is 10.2. The quantitative estimate of drug-likeness (QED) is 0.585. The van der Waals surface area contributed by atoms with Crippen molar-refractivity contribution in [2.24, 2.45) is 0 Å². The molecule has 0 aliphatic heterocycles. The van der Waals surface area contributed by atoms with E-state index >= 15 is 0 Å². The Hall–Kier alpha value is -2.21. The molecular formula is C14H12O3. The molecule has 0 unspecified atom stereocenters. The fourth-order valence-corrected chi connectivity index (χ4v) is 1.90. The molecule has 0 atom stereocenters. The van der Waals surface area contributed by atoms with Crippen molar-refractivity contribution in [3.05, 3.63) is 39.7 Å². The molecule has 0 amide bonds. The number of aryl methyl sites for hydroxylation is 2. The highest BCUT2D eigenvalue weighted by molar-refractivity contribution is 5.84. The van der Waals surface area contributed by atoms with Crippen LogP contribution in [0.25, 0.3) is 11.0 Å². The van der Waals surface area contributed by atoms with Crippen molar-refractivity contribution < 1.29 is 9.15 Å². The third-order valence-electron chi connectivity index (χ3n) is 2.53. The summed E-state index contributed by atoms with van der Waals surface area (Å²) in [6.07, 6.45) is 5.13. The smallest absolute Gasteiger partial charge is 0.336 e. The first kappa shape index (κ1) is 11.3. The van der Waals surface area contributed by atoms with Crippen LogP contribution >= 0.6 is 0 Å². The monoisotopic (exact) mass is 228 g/mol. The zero-order valence-corrected chi connectivity index (χ0v) is 9.74. The third kappa shape index (κ3) is 2.16. The molecule has 2 aromatic rings. The standard InChI is InChI=1S/C14H12O3/c1-4-5-16-11-6-9(2)14-10(3)7-13(15)17-12(14)8-11/h1,6-8H,5H2,2-3H3. The second kappa shape index (κ2) is 4.34. The van der Waals surface area contributed by atoms with Gasteiger partial charge in [-0.25, -0.2) is 4.79 Å². The van der Waals surface area contributed by atoms with Gasteiger partial charge in [-0.15, -0.1) is 6.42 Å². The zero-order valence-electron chi connectivity index (χ0n) is 9.74. The second-order valence-electron chi connectivity index (χ2n) is 3.85. The Labute approximate surface area is 99.0 Å². The van der Waals surface area contributed by atoms with E-state index in [9.17, 15) is 4.79 Å². The van der Waals surface area contributed by atoms with E-state index in [2.05, 4.69) is 5.92 Å². The molecule has 0 spiro atoms. The number of fused-ring (bicyclic) bond motifs is 1. The van der Waals surface area contributed by atoms with Crippen molar-refractivity contribution in [3.63, 3.8) is 0 Å². The molecule has 0 saturated carbocycles. The Morgan fingerprint density at radius 2 is 2.00 bits per heavy atom. The van der Waals surface area contributed by atoms with E-state index < -0.39 is 0 Å². The van der Waals surface area contributed by atoms with Crippen molar-refractivity contribution in [2.45, 2.75) is 13.8 Å². The first-order valence-corrected chi connectivity index (χ1v) is 5.23. The van der Waals surface area contributed by atoms with E-state index in [0.717, 1.165) is 16.5 Å². The van der Waals surface area contributed by atoms with E-state index in [1.165, 1.54) is 6.07 Å². The maximum Gasteiger partial charge on any atom is 0.336 e. The van der Waals surface area contributed by atoms with Gasteiger partial charge in [-0.2, -0.15) is 0 Å². The lowest BCUT2D eigenvalue weighted by Gasteiger charge is -2.08. The number of hydrogen-bond acceptors (Lipinski definition) is 3. The van der Waals surface area contributed by atoms with Crippen LogP contribution in [0.3, 0.4) is 0 Å². The molecule has 0 aliphatic carbocycles. The van der Waals surface area contributed by atoms with Crippen LogP contribution in [0.2, 0.25) is 0 Å². The molecule has 0 fully saturated rings. The Morgan fingerprint density at radius 1 is 1.29 bits per heavy atom. The summed E-state index contributed by atoms with van der Waals surface area (Å²) >= 11 is 0. The van der Waals surface area contributed by atoms with Crippen molar-refractivity contribution in [1.82, 2.24) is 0 Å². The van der Waals surface area contributed by atoms with Gasteiger partial charge in [0, 0.05) is 17.5 Å². The van der Waals surface area contributed by atoms with Gasteiger partial charge in [0.05, 0.1) is 0 Å². The number of terminal acetylenes is 1. The van der Waals surface area contributed by atoms with Gasteiger partial charge in [0.1, 0.15) is 17.9 Å². The Bertz CT molecular complexity index is 659. The maximum atomic E-state index is 11.3. The van der Waals surface area contributed by atoms with Crippen molar-refractivity contribution in [3.8, 4) is 18.1 Å². The molecule has 0 N–H and O–H groups in total. The number of rotatable bonds is 2. The fraction of sp³-hybridized carbons (Fsp3) is 0.214. The first-order chi connectivity index (χ1) is 8.11. The van der Waals surface area contributed by atoms with Crippen LogP contribution in [0.4, 0.5) is 0 Å². The Kier molecular flexibility index (Phi) is 2.88. The largest absolute Gasteiger partial charge is 0.481 e. The predicted octanol–water partition coefficient (Wildman–Crippen LogP) is 2.42. The lowest BCUT2D eigenvalue weighted by Crippen LogP contribution is -2.00. The van der Waals surface area contributed by atoms with Crippen LogP contribution < -0.4 is 10.4 Å². The molecule has 86 valence electrons. The zero-order chi connectivity index (χ0) is 12.4. The highest BCUT2D eigenvalue weighted by Gasteiger charge is 2.07. The summed E-state index contributed by atoms with van der Waals surface area (Å²) in [7, 11) is 0. The van der Waals surface area contributed by atoms with Crippen LogP contribution in [0.15, 0.2) is 27.4 Å². The molecule has 1 heterocycles. The minimum atomic E-state index is -0.358. The summed E-state index contributed by atoms with van der Waals surface area (Å²) in [4.78, 5) is 11.3. The van der Waals surface area contributed by atoms with Gasteiger partial charge < -0.3 is 9.15 Å². The van der Waals surface area contributed by atoms with Gasteiger partial charge in [0.25, 0.3) is 0 Å². The molecule has 0 radical (unpaired) electrons. The number of hydrogen-bond donors (Lipinski definition) is 0. The summed E-state index contributed by atoms with van der Waals surface area (Å²) in [5.41, 5.74) is 2.07. The first-order valence-electron chi connectivity index (χ1n) is 5.23. The van der Waals surface area contributed by atoms with Gasteiger partial charge in [-0.05, 0) is 31.0 Å². The average Bonchev–Trinajstić information content (AvgIpc) is 2.24. The minimum Gasteiger partial charge on any atom is -0.481 e. The Balaban J connectivity index is 2.65. The van der Waals surface area contributed by atoms with E-state index in [0.29, 0.717) is 11.3 Å². The molecule has 0 saturated heterocycles. The van der Waals surface area contributed by atoms with E-state index in [1.54, 1.807) is 6.07 Å². The van der Waals surface area contributed by atoms with Crippen molar-refractivity contribution in [2.75, 3.05) is 6.61 Å². The lowest BCUT2D eigenvalue weighted by molar-refractivity contribution is 0.370. The van der Waals surface area contributed by atoms with E-state index in [4.69, 9.17) is 15.6 Å². The van der Waals surface area contributed by atoms with Gasteiger partial charge in [0.15, 0.2) is 0 Å². The molecule has 3 heteroatoms. The Morgan fingerprint density at radius 3 is 2.71 bits per heavy atom. The molecular weight excluding hydrogens is 216 g/mol. The highest BCUT2D eigenvalue weighted by atomic mass is 16.5. The van der Waals surface area contributed by atoms with Crippen LogP contribution in [0, 0.1) is 26.2 Å². The lowest BCUT2D eigenvalue weighted by atomic mass is 10.1. The predicted molar refractivity (Wildman–Crippen MR) is 66.3 cm³/mol. The topological polar surface area (TPSA) is 39.4 Å². The van der Waals surface area contributed by atoms with Gasteiger partial charge in [-0.3, -0.25) is 0 Å². The van der Waals surface area contributed by atoms with E-state index in [-0.39, 0.29) is 12.2 Å². The summed E-state index contributed by atoms with van der Waals surface area (Å²) in [6, 6.07) is 5.05. The summed E-state index contributed by atoms with van der Waals surface area (Å²) in [6.45, 7) is 4.02. The number of ether oxygens (including phenoxy) is 1. The SMILES string of the molecule is C#CCOc1cc(C)c2c(C)cc(=O)oc2c1. The molecule has 3 nitrogen and oxygen atoms in total. The summed E-state index contributed by atoms with van der Waals surface area (Å²) in [5, 5.41) is 0.942. The molecule has 17 heavy (non-hydrogen) atoms. The van der Waals surface area contributed by atoms with Crippen LogP contribution in [0.1, 0.15) is 11.1 Å². The van der Waals surface area contributed by atoms with Crippen molar-refractivity contribution in [1.29, 1.82) is 0 Å². The van der Waals surface area contributed by atoms with Gasteiger partial charge in [-0.1, -0.05) is 5.92 Å². The molecule has 1 aromatic heterocycles. The van der Waals surface area contributed by atoms with Crippen LogP contribution in [-0.2, 0) is 0 Å². The highest BCUT2D eigenvalue weighted by Crippen LogP contribution is 2.26. The second-order valence-corrected chi connectivity index (χ2v) is 3.85.